The fourth-order valence-corrected chi connectivity index (χ4v) is 3.72. The van der Waals surface area contributed by atoms with Gasteiger partial charge in [0.2, 0.25) is 0 Å². The van der Waals surface area contributed by atoms with E-state index >= 15 is 0 Å². The largest absolute Gasteiger partial charge is 0.496 e. The van der Waals surface area contributed by atoms with Gasteiger partial charge in [-0.05, 0) is 19.1 Å². The van der Waals surface area contributed by atoms with E-state index in [2.05, 4.69) is 5.32 Å². The van der Waals surface area contributed by atoms with Crippen molar-refractivity contribution in [2.75, 3.05) is 13.7 Å². The third-order valence-electron chi connectivity index (χ3n) is 5.02. The minimum absolute atomic E-state index is 0.167. The molecule has 26 heavy (non-hydrogen) atoms. The number of urea groups is 1. The zero-order chi connectivity index (χ0) is 18.3. The first kappa shape index (κ1) is 16.4. The number of carbonyl (C=O) groups is 2. The molecule has 1 fully saturated rings. The monoisotopic (exact) mass is 352 g/mol. The van der Waals surface area contributed by atoms with E-state index in [-0.39, 0.29) is 12.5 Å². The molecule has 1 N–H and O–H groups in total. The van der Waals surface area contributed by atoms with E-state index in [0.717, 1.165) is 11.1 Å². The molecule has 4 rings (SSSR count). The van der Waals surface area contributed by atoms with Gasteiger partial charge in [-0.2, -0.15) is 0 Å². The van der Waals surface area contributed by atoms with Gasteiger partial charge in [0.25, 0.3) is 5.91 Å². The molecule has 1 atom stereocenters. The molecule has 1 saturated heterocycles. The summed E-state index contributed by atoms with van der Waals surface area (Å²) in [6, 6.07) is 12.7. The molecule has 6 nitrogen and oxygen atoms in total. The highest BCUT2D eigenvalue weighted by molar-refractivity contribution is 6.07. The van der Waals surface area contributed by atoms with Crippen molar-refractivity contribution in [2.45, 2.75) is 25.4 Å². The summed E-state index contributed by atoms with van der Waals surface area (Å²) in [7, 11) is 1.58. The molecule has 0 radical (unpaired) electrons. The molecule has 0 saturated carbocycles. The summed E-state index contributed by atoms with van der Waals surface area (Å²) in [6.07, 6.45) is 0.413. The maximum absolute atomic E-state index is 13.3. The Balaban J connectivity index is 1.71. The fraction of sp³-hybridized carbons (Fsp3) is 0.300. The number of nitrogens with one attached hydrogen (secondary N) is 1. The number of carbonyl (C=O) groups excluding carboxylic acids is 2. The maximum atomic E-state index is 13.3. The Morgan fingerprint density at radius 2 is 2.04 bits per heavy atom. The number of hydrogen-bond donors (Lipinski definition) is 1. The van der Waals surface area contributed by atoms with Gasteiger partial charge >= 0.3 is 6.03 Å². The summed E-state index contributed by atoms with van der Waals surface area (Å²) in [5.74, 6) is 1.05. The number of rotatable bonds is 3. The highest BCUT2D eigenvalue weighted by atomic mass is 16.5. The molecule has 0 aromatic heterocycles. The van der Waals surface area contributed by atoms with E-state index in [1.807, 2.05) is 49.4 Å². The number of hydrogen-bond acceptors (Lipinski definition) is 4. The van der Waals surface area contributed by atoms with Gasteiger partial charge < -0.3 is 14.8 Å². The van der Waals surface area contributed by atoms with Gasteiger partial charge in [-0.15, -0.1) is 0 Å². The number of nitrogens with zero attached hydrogens (tertiary/aromatic N) is 1. The molecular weight excluding hydrogens is 332 g/mol. The van der Waals surface area contributed by atoms with Crippen molar-refractivity contribution in [3.05, 3.63) is 59.2 Å². The third-order valence-corrected chi connectivity index (χ3v) is 5.02. The van der Waals surface area contributed by atoms with E-state index in [1.165, 1.54) is 4.90 Å². The lowest BCUT2D eigenvalue weighted by Gasteiger charge is -2.33. The van der Waals surface area contributed by atoms with Crippen molar-refractivity contribution in [1.82, 2.24) is 10.2 Å². The second-order valence-electron chi connectivity index (χ2n) is 6.64. The first-order valence-electron chi connectivity index (χ1n) is 8.55. The van der Waals surface area contributed by atoms with E-state index < -0.39 is 11.6 Å². The standard InChI is InChI=1S/C20H20N2O4/c1-13-7-8-16(25-2)14(11-13)12-22-18(23)20(21-19(22)24)9-10-26-17-6-4-3-5-15(17)20/h3-8,11H,9-10,12H2,1-2H3,(H,21,24)/t20-/m0/s1. The van der Waals surface area contributed by atoms with Gasteiger partial charge in [0.05, 0.1) is 20.3 Å². The van der Waals surface area contributed by atoms with Crippen LogP contribution in [0.5, 0.6) is 11.5 Å². The van der Waals surface area contributed by atoms with Crippen LogP contribution >= 0.6 is 0 Å². The van der Waals surface area contributed by atoms with Crippen LogP contribution in [0.2, 0.25) is 0 Å². The van der Waals surface area contributed by atoms with E-state index in [1.54, 1.807) is 7.11 Å². The molecule has 1 spiro atoms. The zero-order valence-corrected chi connectivity index (χ0v) is 14.7. The first-order chi connectivity index (χ1) is 12.5. The van der Waals surface area contributed by atoms with Gasteiger partial charge in [0.1, 0.15) is 11.5 Å². The number of fused-ring (bicyclic) bond motifs is 2. The molecule has 2 aromatic carbocycles. The Hall–Kier alpha value is -3.02. The minimum atomic E-state index is -1.05. The second kappa shape index (κ2) is 6.05. The fourth-order valence-electron chi connectivity index (χ4n) is 3.72. The summed E-state index contributed by atoms with van der Waals surface area (Å²) in [6.45, 7) is 2.51. The van der Waals surface area contributed by atoms with Crippen molar-refractivity contribution in [3.63, 3.8) is 0 Å². The third kappa shape index (κ3) is 2.41. The first-order valence-corrected chi connectivity index (χ1v) is 8.55. The SMILES string of the molecule is COc1ccc(C)cc1CN1C(=O)N[C@]2(CCOc3ccccc32)C1=O. The number of para-hydroxylation sites is 1. The molecule has 6 heteroatoms. The quantitative estimate of drug-likeness (QED) is 0.863. The Labute approximate surface area is 151 Å². The van der Waals surface area contributed by atoms with Gasteiger partial charge in [-0.3, -0.25) is 9.69 Å². The number of amides is 3. The molecule has 2 aliphatic heterocycles. The summed E-state index contributed by atoms with van der Waals surface area (Å²) in [5.41, 5.74) is 1.50. The van der Waals surface area contributed by atoms with Crippen LogP contribution in [0.1, 0.15) is 23.1 Å². The number of methoxy groups -OCH3 is 1. The minimum Gasteiger partial charge on any atom is -0.496 e. The normalized spacial score (nSPS) is 21.4. The summed E-state index contributed by atoms with van der Waals surface area (Å²) < 4.78 is 11.0. The molecule has 2 aliphatic rings. The molecule has 0 unspecified atom stereocenters. The second-order valence-corrected chi connectivity index (χ2v) is 6.64. The van der Waals surface area contributed by atoms with Crippen LogP contribution in [0.4, 0.5) is 4.79 Å². The number of benzene rings is 2. The molecule has 0 bridgehead atoms. The molecule has 0 aliphatic carbocycles. The van der Waals surface area contributed by atoms with Crippen molar-refractivity contribution in [2.24, 2.45) is 0 Å². The van der Waals surface area contributed by atoms with Gasteiger partial charge in [-0.1, -0.05) is 35.9 Å². The number of imide groups is 1. The highest BCUT2D eigenvalue weighted by Gasteiger charge is 2.54. The van der Waals surface area contributed by atoms with Gasteiger partial charge in [0, 0.05) is 17.5 Å². The summed E-state index contributed by atoms with van der Waals surface area (Å²) in [5, 5.41) is 2.91. The number of ether oxygens (including phenoxy) is 2. The van der Waals surface area contributed by atoms with Crippen LogP contribution in [-0.4, -0.2) is 30.6 Å². The Morgan fingerprint density at radius 1 is 1.23 bits per heavy atom. The smallest absolute Gasteiger partial charge is 0.325 e. The summed E-state index contributed by atoms with van der Waals surface area (Å²) in [4.78, 5) is 27.2. The van der Waals surface area contributed by atoms with Crippen molar-refractivity contribution in [3.8, 4) is 11.5 Å². The van der Waals surface area contributed by atoms with Crippen molar-refractivity contribution in [1.29, 1.82) is 0 Å². The van der Waals surface area contributed by atoms with Crippen LogP contribution in [0.15, 0.2) is 42.5 Å². The Morgan fingerprint density at radius 3 is 2.85 bits per heavy atom. The molecule has 3 amide bonds. The van der Waals surface area contributed by atoms with Crippen LogP contribution < -0.4 is 14.8 Å². The summed E-state index contributed by atoms with van der Waals surface area (Å²) >= 11 is 0. The van der Waals surface area contributed by atoms with E-state index in [4.69, 9.17) is 9.47 Å². The van der Waals surface area contributed by atoms with Gasteiger partial charge in [-0.25, -0.2) is 4.79 Å². The van der Waals surface area contributed by atoms with E-state index in [9.17, 15) is 9.59 Å². The van der Waals surface area contributed by atoms with Gasteiger partial charge in [0.15, 0.2) is 5.54 Å². The molecule has 2 aromatic rings. The van der Waals surface area contributed by atoms with Crippen LogP contribution in [-0.2, 0) is 16.9 Å². The zero-order valence-electron chi connectivity index (χ0n) is 14.7. The van der Waals surface area contributed by atoms with Crippen LogP contribution in [0.25, 0.3) is 0 Å². The topological polar surface area (TPSA) is 67.9 Å². The molecule has 2 heterocycles. The highest BCUT2D eigenvalue weighted by Crippen LogP contribution is 2.41. The predicted molar refractivity (Wildman–Crippen MR) is 95.0 cm³/mol. The molecular formula is C20H20N2O4. The van der Waals surface area contributed by atoms with E-state index in [0.29, 0.717) is 30.1 Å². The Kier molecular flexibility index (Phi) is 3.83. The lowest BCUT2D eigenvalue weighted by atomic mass is 9.84. The van der Waals surface area contributed by atoms with Crippen molar-refractivity contribution < 1.29 is 19.1 Å². The molecule has 134 valence electrons. The number of aryl methyl sites for hydroxylation is 1. The average Bonchev–Trinajstić information content (AvgIpc) is 2.87. The predicted octanol–water partition coefficient (Wildman–Crippen LogP) is 2.73. The Bertz CT molecular complexity index is 895. The van der Waals surface area contributed by atoms with Crippen LogP contribution in [0, 0.1) is 6.92 Å². The maximum Gasteiger partial charge on any atom is 0.325 e. The lowest BCUT2D eigenvalue weighted by molar-refractivity contribution is -0.133. The van der Waals surface area contributed by atoms with Crippen LogP contribution in [0.3, 0.4) is 0 Å². The average molecular weight is 352 g/mol. The lowest BCUT2D eigenvalue weighted by Crippen LogP contribution is -2.47. The van der Waals surface area contributed by atoms with Crippen molar-refractivity contribution >= 4 is 11.9 Å².